The highest BCUT2D eigenvalue weighted by molar-refractivity contribution is 5.90. The van der Waals surface area contributed by atoms with Crippen LogP contribution >= 0.6 is 0 Å². The molecule has 0 aliphatic carbocycles. The van der Waals surface area contributed by atoms with Crippen LogP contribution < -0.4 is 26.1 Å². The topological polar surface area (TPSA) is 98.5 Å². The number of carbonyl (C=O) groups excluding carboxylic acids is 1. The largest absolute Gasteiger partial charge is 0.494 e. The highest BCUT2D eigenvalue weighted by atomic mass is 19.4. The first-order valence-corrected chi connectivity index (χ1v) is 10.4. The summed E-state index contributed by atoms with van der Waals surface area (Å²) < 4.78 is 46.0. The van der Waals surface area contributed by atoms with Crippen LogP contribution in [0.25, 0.3) is 0 Å². The maximum atomic E-state index is 12.9. The van der Waals surface area contributed by atoms with E-state index in [2.05, 4.69) is 10.4 Å². The molecule has 0 radical (unpaired) electrons. The third-order valence-corrected chi connectivity index (χ3v) is 5.13. The molecule has 0 saturated heterocycles. The van der Waals surface area contributed by atoms with Crippen molar-refractivity contribution in [3.63, 3.8) is 0 Å². The summed E-state index contributed by atoms with van der Waals surface area (Å²) in [5, 5.41) is 6.49. The number of benzene rings is 2. The summed E-state index contributed by atoms with van der Waals surface area (Å²) in [5.41, 5.74) is -2.16. The molecule has 1 aliphatic rings. The molecule has 178 valence electrons. The molecule has 0 atom stereocenters. The number of amides is 1. The first kappa shape index (κ1) is 23.1. The van der Waals surface area contributed by atoms with Gasteiger partial charge >= 0.3 is 17.3 Å². The quantitative estimate of drug-likeness (QED) is 0.551. The molecule has 0 bridgehead atoms. The van der Waals surface area contributed by atoms with E-state index in [9.17, 15) is 27.6 Å². The Hall–Kier alpha value is -4.09. The number of hydrogen-bond donors (Lipinski definition) is 1. The van der Waals surface area contributed by atoms with Crippen molar-refractivity contribution in [2.75, 3.05) is 23.4 Å². The normalized spacial score (nSPS) is 13.0. The van der Waals surface area contributed by atoms with Crippen molar-refractivity contribution in [2.45, 2.75) is 26.2 Å². The standard InChI is InChI=1S/C22H20F3N5O4/c1-2-34-17-8-6-16(7-9-17)28-10-11-29-19(32)20(33)30(27-21(28)29)13-18(31)26-15-5-3-4-14(12-15)22(23,24)25/h3-9,12H,2,10-11,13H2,1H3,(H,26,31). The molecule has 1 amide bonds. The molecule has 4 rings (SSSR count). The SMILES string of the molecule is CCOc1ccc(N2CCn3c2nn(CC(=O)Nc2cccc(C(F)(F)F)c2)c(=O)c3=O)cc1. The van der Waals surface area contributed by atoms with E-state index >= 15 is 0 Å². The number of ether oxygens (including phenoxy) is 1. The molecule has 0 saturated carbocycles. The van der Waals surface area contributed by atoms with Crippen LogP contribution in [0.5, 0.6) is 5.75 Å². The van der Waals surface area contributed by atoms with Crippen molar-refractivity contribution in [3.05, 3.63) is 74.8 Å². The predicted molar refractivity (Wildman–Crippen MR) is 117 cm³/mol. The summed E-state index contributed by atoms with van der Waals surface area (Å²) in [7, 11) is 0. The first-order chi connectivity index (χ1) is 16.2. The molecule has 2 heterocycles. The summed E-state index contributed by atoms with van der Waals surface area (Å²) in [6.07, 6.45) is -4.57. The fraction of sp³-hybridized carbons (Fsp3) is 0.273. The minimum absolute atomic E-state index is 0.0956. The van der Waals surface area contributed by atoms with Gasteiger partial charge in [0.1, 0.15) is 12.3 Å². The van der Waals surface area contributed by atoms with Crippen LogP contribution in [0.1, 0.15) is 12.5 Å². The van der Waals surface area contributed by atoms with Gasteiger partial charge in [0.25, 0.3) is 0 Å². The molecule has 9 nitrogen and oxygen atoms in total. The van der Waals surface area contributed by atoms with E-state index in [1.807, 2.05) is 6.92 Å². The van der Waals surface area contributed by atoms with Crippen molar-refractivity contribution in [1.82, 2.24) is 14.3 Å². The molecule has 3 aromatic rings. The molecule has 0 unspecified atom stereocenters. The van der Waals surface area contributed by atoms with Gasteiger partial charge in [0.15, 0.2) is 0 Å². The Balaban J connectivity index is 1.58. The molecule has 0 fully saturated rings. The summed E-state index contributed by atoms with van der Waals surface area (Å²) in [4.78, 5) is 39.2. The van der Waals surface area contributed by atoms with Crippen molar-refractivity contribution < 1.29 is 22.7 Å². The zero-order valence-corrected chi connectivity index (χ0v) is 18.0. The van der Waals surface area contributed by atoms with Crippen molar-refractivity contribution in [1.29, 1.82) is 0 Å². The molecule has 34 heavy (non-hydrogen) atoms. The van der Waals surface area contributed by atoms with Gasteiger partial charge in [-0.1, -0.05) is 6.07 Å². The van der Waals surface area contributed by atoms with Gasteiger partial charge in [0, 0.05) is 24.5 Å². The van der Waals surface area contributed by atoms with Gasteiger partial charge < -0.3 is 15.0 Å². The summed E-state index contributed by atoms with van der Waals surface area (Å²) >= 11 is 0. The van der Waals surface area contributed by atoms with Gasteiger partial charge in [-0.05, 0) is 49.4 Å². The fourth-order valence-corrected chi connectivity index (χ4v) is 3.58. The van der Waals surface area contributed by atoms with Crippen LogP contribution in [-0.4, -0.2) is 33.4 Å². The molecular formula is C22H20F3N5O4. The second kappa shape index (κ2) is 9.04. The van der Waals surface area contributed by atoms with Crippen LogP contribution in [0.2, 0.25) is 0 Å². The van der Waals surface area contributed by atoms with E-state index in [1.54, 1.807) is 29.2 Å². The van der Waals surface area contributed by atoms with E-state index in [-0.39, 0.29) is 18.2 Å². The summed E-state index contributed by atoms with van der Waals surface area (Å²) in [6, 6.07) is 11.2. The third kappa shape index (κ3) is 4.65. The zero-order chi connectivity index (χ0) is 24.5. The number of alkyl halides is 3. The van der Waals surface area contributed by atoms with Crippen LogP contribution in [0.3, 0.4) is 0 Å². The Kier molecular flexibility index (Phi) is 6.14. The average Bonchev–Trinajstić information content (AvgIpc) is 3.21. The number of carbonyl (C=O) groups is 1. The Morgan fingerprint density at radius 3 is 2.50 bits per heavy atom. The molecule has 1 aromatic heterocycles. The lowest BCUT2D eigenvalue weighted by Crippen LogP contribution is -2.44. The van der Waals surface area contributed by atoms with Crippen LogP contribution in [0.15, 0.2) is 58.1 Å². The van der Waals surface area contributed by atoms with E-state index in [0.717, 1.165) is 18.2 Å². The van der Waals surface area contributed by atoms with Gasteiger partial charge in [-0.3, -0.25) is 19.0 Å². The number of hydrogen-bond acceptors (Lipinski definition) is 6. The van der Waals surface area contributed by atoms with E-state index in [1.165, 1.54) is 10.6 Å². The lowest BCUT2D eigenvalue weighted by Gasteiger charge is -2.18. The first-order valence-electron chi connectivity index (χ1n) is 10.4. The van der Waals surface area contributed by atoms with Crippen molar-refractivity contribution >= 4 is 23.2 Å². The lowest BCUT2D eigenvalue weighted by atomic mass is 10.2. The second-order valence-corrected chi connectivity index (χ2v) is 7.42. The number of halogens is 3. The highest BCUT2D eigenvalue weighted by Crippen LogP contribution is 2.31. The Labute approximate surface area is 191 Å². The van der Waals surface area contributed by atoms with Crippen molar-refractivity contribution in [3.8, 4) is 5.75 Å². The van der Waals surface area contributed by atoms with Gasteiger partial charge in [0.05, 0.1) is 12.2 Å². The van der Waals surface area contributed by atoms with Gasteiger partial charge in [-0.15, -0.1) is 5.10 Å². The van der Waals surface area contributed by atoms with E-state index in [0.29, 0.717) is 29.3 Å². The Bertz CT molecular complexity index is 1330. The van der Waals surface area contributed by atoms with Gasteiger partial charge in [-0.25, -0.2) is 4.68 Å². The molecular weight excluding hydrogens is 455 g/mol. The molecule has 1 N–H and O–H groups in total. The number of rotatable bonds is 6. The maximum Gasteiger partial charge on any atom is 0.416 e. The van der Waals surface area contributed by atoms with Crippen LogP contribution in [-0.2, 0) is 24.1 Å². The van der Waals surface area contributed by atoms with E-state index < -0.39 is 35.3 Å². The molecule has 1 aliphatic heterocycles. The van der Waals surface area contributed by atoms with Crippen LogP contribution in [0, 0.1) is 0 Å². The maximum absolute atomic E-state index is 12.9. The fourth-order valence-electron chi connectivity index (χ4n) is 3.58. The highest BCUT2D eigenvalue weighted by Gasteiger charge is 2.30. The zero-order valence-electron chi connectivity index (χ0n) is 18.0. The summed E-state index contributed by atoms with van der Waals surface area (Å²) in [6.45, 7) is 2.35. The number of fused-ring (bicyclic) bond motifs is 1. The number of aromatic nitrogens is 3. The predicted octanol–water partition coefficient (Wildman–Crippen LogP) is 2.61. The number of nitrogens with zero attached hydrogens (tertiary/aromatic N) is 4. The molecule has 0 spiro atoms. The monoisotopic (exact) mass is 475 g/mol. The molecule has 2 aromatic carbocycles. The average molecular weight is 475 g/mol. The second-order valence-electron chi connectivity index (χ2n) is 7.42. The van der Waals surface area contributed by atoms with Gasteiger partial charge in [-0.2, -0.15) is 13.2 Å². The third-order valence-electron chi connectivity index (χ3n) is 5.13. The smallest absolute Gasteiger partial charge is 0.416 e. The number of nitrogens with one attached hydrogen (secondary N) is 1. The minimum Gasteiger partial charge on any atom is -0.494 e. The van der Waals surface area contributed by atoms with E-state index in [4.69, 9.17) is 4.74 Å². The number of anilines is 3. The minimum atomic E-state index is -4.57. The lowest BCUT2D eigenvalue weighted by molar-refractivity contribution is -0.137. The Morgan fingerprint density at radius 1 is 1.09 bits per heavy atom. The summed E-state index contributed by atoms with van der Waals surface area (Å²) in [5.74, 6) is 0.0524. The Morgan fingerprint density at radius 2 is 1.82 bits per heavy atom. The molecule has 12 heteroatoms. The van der Waals surface area contributed by atoms with Crippen LogP contribution in [0.4, 0.5) is 30.5 Å². The van der Waals surface area contributed by atoms with Crippen molar-refractivity contribution in [2.24, 2.45) is 0 Å². The van der Waals surface area contributed by atoms with Gasteiger partial charge in [0.2, 0.25) is 11.9 Å².